The van der Waals surface area contributed by atoms with Crippen molar-refractivity contribution in [2.45, 2.75) is 19.0 Å². The number of rotatable bonds is 4. The number of hydrogen-bond acceptors (Lipinski definition) is 3. The lowest BCUT2D eigenvalue weighted by atomic mass is 10.2. The van der Waals surface area contributed by atoms with Crippen LogP contribution in [0.25, 0.3) is 0 Å². The number of nitrogens with one attached hydrogen (secondary N) is 2. The Labute approximate surface area is 144 Å². The summed E-state index contributed by atoms with van der Waals surface area (Å²) < 4.78 is 13.2. The second-order valence-corrected chi connectivity index (χ2v) is 6.12. The lowest BCUT2D eigenvalue weighted by Crippen LogP contribution is -2.43. The van der Waals surface area contributed by atoms with Gasteiger partial charge in [0, 0.05) is 43.8 Å². The molecular formula is C17H18ClFN4O. The third-order valence-corrected chi connectivity index (χ3v) is 4.28. The van der Waals surface area contributed by atoms with Gasteiger partial charge in [0.1, 0.15) is 5.82 Å². The van der Waals surface area contributed by atoms with Crippen molar-refractivity contribution in [3.05, 3.63) is 59.1 Å². The number of hydrogen-bond donors (Lipinski definition) is 2. The van der Waals surface area contributed by atoms with Crippen LogP contribution in [0.4, 0.5) is 14.9 Å². The summed E-state index contributed by atoms with van der Waals surface area (Å²) in [4.78, 5) is 18.0. The number of halogens is 2. The van der Waals surface area contributed by atoms with Gasteiger partial charge in [0.05, 0.1) is 5.02 Å². The van der Waals surface area contributed by atoms with E-state index in [2.05, 4.69) is 20.5 Å². The fraction of sp³-hybridized carbons (Fsp3) is 0.294. The van der Waals surface area contributed by atoms with E-state index in [0.717, 1.165) is 24.2 Å². The van der Waals surface area contributed by atoms with Crippen LogP contribution in [-0.4, -0.2) is 30.1 Å². The fourth-order valence-corrected chi connectivity index (χ4v) is 2.89. The largest absolute Gasteiger partial charge is 0.369 e. The third-order valence-electron chi connectivity index (χ3n) is 3.99. The third kappa shape index (κ3) is 4.14. The van der Waals surface area contributed by atoms with Gasteiger partial charge in [-0.05, 0) is 42.3 Å². The predicted molar refractivity (Wildman–Crippen MR) is 91.6 cm³/mol. The highest BCUT2D eigenvalue weighted by Gasteiger charge is 2.24. The number of anilines is 1. The van der Waals surface area contributed by atoms with Gasteiger partial charge >= 0.3 is 6.03 Å². The lowest BCUT2D eigenvalue weighted by molar-refractivity contribution is 0.237. The standard InChI is InChI=1S/C17H18ClFN4O/c18-15-9-14(1-2-16(15)19)23-8-5-13(11-23)22-17(24)21-10-12-3-6-20-7-4-12/h1-4,6-7,9,13H,5,8,10-11H2,(H2,21,22,24)/t13-/m0/s1. The zero-order valence-electron chi connectivity index (χ0n) is 13.0. The highest BCUT2D eigenvalue weighted by atomic mass is 35.5. The average molecular weight is 349 g/mol. The van der Waals surface area contributed by atoms with E-state index >= 15 is 0 Å². The van der Waals surface area contributed by atoms with E-state index in [1.807, 2.05) is 12.1 Å². The van der Waals surface area contributed by atoms with Gasteiger partial charge in [-0.15, -0.1) is 0 Å². The lowest BCUT2D eigenvalue weighted by Gasteiger charge is -2.19. The Balaban J connectivity index is 1.48. The predicted octanol–water partition coefficient (Wildman–Crippen LogP) is 2.95. The summed E-state index contributed by atoms with van der Waals surface area (Å²) in [5.74, 6) is -0.426. The Morgan fingerprint density at radius 3 is 2.88 bits per heavy atom. The van der Waals surface area contributed by atoms with Gasteiger partial charge in [0.25, 0.3) is 0 Å². The Bertz CT molecular complexity index is 713. The Morgan fingerprint density at radius 1 is 1.33 bits per heavy atom. The molecule has 0 saturated carbocycles. The first-order valence-electron chi connectivity index (χ1n) is 7.75. The molecule has 1 saturated heterocycles. The summed E-state index contributed by atoms with van der Waals surface area (Å²) in [6.45, 7) is 1.92. The zero-order valence-corrected chi connectivity index (χ0v) is 13.8. The van der Waals surface area contributed by atoms with Crippen molar-refractivity contribution in [1.29, 1.82) is 0 Å². The fourth-order valence-electron chi connectivity index (χ4n) is 2.71. The number of amides is 2. The first-order chi connectivity index (χ1) is 11.6. The van der Waals surface area contributed by atoms with E-state index in [-0.39, 0.29) is 17.1 Å². The van der Waals surface area contributed by atoms with Gasteiger partial charge in [0.2, 0.25) is 0 Å². The van der Waals surface area contributed by atoms with E-state index in [4.69, 9.17) is 11.6 Å². The number of aromatic nitrogens is 1. The number of carbonyl (C=O) groups excluding carboxylic acids is 1. The molecule has 5 nitrogen and oxygen atoms in total. The Morgan fingerprint density at radius 2 is 2.12 bits per heavy atom. The molecule has 2 aromatic rings. The van der Waals surface area contributed by atoms with Crippen LogP contribution >= 0.6 is 11.6 Å². The van der Waals surface area contributed by atoms with Gasteiger partial charge in [-0.1, -0.05) is 11.6 Å². The molecule has 2 N–H and O–H groups in total. The maximum Gasteiger partial charge on any atom is 0.315 e. The van der Waals surface area contributed by atoms with Crippen molar-refractivity contribution >= 4 is 23.3 Å². The molecule has 2 heterocycles. The highest BCUT2D eigenvalue weighted by molar-refractivity contribution is 6.31. The molecule has 0 aliphatic carbocycles. The molecule has 1 aliphatic rings. The summed E-state index contributed by atoms with van der Waals surface area (Å²) in [6.07, 6.45) is 4.22. The van der Waals surface area contributed by atoms with Gasteiger partial charge in [-0.25, -0.2) is 9.18 Å². The molecule has 1 aromatic carbocycles. The van der Waals surface area contributed by atoms with Crippen LogP contribution in [0.5, 0.6) is 0 Å². The topological polar surface area (TPSA) is 57.3 Å². The summed E-state index contributed by atoms with van der Waals surface area (Å²) >= 11 is 5.83. The summed E-state index contributed by atoms with van der Waals surface area (Å²) in [5, 5.41) is 5.90. The van der Waals surface area contributed by atoms with Crippen LogP contribution in [0.3, 0.4) is 0 Å². The quantitative estimate of drug-likeness (QED) is 0.893. The number of carbonyl (C=O) groups is 1. The SMILES string of the molecule is O=C(NCc1ccncc1)N[C@H]1CCN(c2ccc(F)c(Cl)c2)C1. The normalized spacial score (nSPS) is 16.9. The van der Waals surface area contributed by atoms with Crippen molar-refractivity contribution in [3.63, 3.8) is 0 Å². The van der Waals surface area contributed by atoms with Crippen LogP contribution in [0.15, 0.2) is 42.7 Å². The van der Waals surface area contributed by atoms with Crippen molar-refractivity contribution in [3.8, 4) is 0 Å². The minimum atomic E-state index is -0.426. The molecular weight excluding hydrogens is 331 g/mol. The van der Waals surface area contributed by atoms with Gasteiger partial charge in [0.15, 0.2) is 0 Å². The summed E-state index contributed by atoms with van der Waals surface area (Å²) in [6, 6.07) is 8.24. The van der Waals surface area contributed by atoms with Crippen LogP contribution in [0.1, 0.15) is 12.0 Å². The molecule has 0 spiro atoms. The van der Waals surface area contributed by atoms with Gasteiger partial charge in [-0.2, -0.15) is 0 Å². The maximum atomic E-state index is 13.2. The van der Waals surface area contributed by atoms with Gasteiger partial charge in [-0.3, -0.25) is 4.98 Å². The minimum Gasteiger partial charge on any atom is -0.369 e. The molecule has 3 rings (SSSR count). The van der Waals surface area contributed by atoms with Crippen molar-refractivity contribution in [1.82, 2.24) is 15.6 Å². The monoisotopic (exact) mass is 348 g/mol. The van der Waals surface area contributed by atoms with Crippen LogP contribution in [-0.2, 0) is 6.54 Å². The smallest absolute Gasteiger partial charge is 0.315 e. The van der Waals surface area contributed by atoms with E-state index in [1.165, 1.54) is 6.07 Å². The van der Waals surface area contributed by atoms with Gasteiger partial charge < -0.3 is 15.5 Å². The van der Waals surface area contributed by atoms with Crippen LogP contribution < -0.4 is 15.5 Å². The molecule has 2 amide bonds. The first-order valence-corrected chi connectivity index (χ1v) is 8.13. The zero-order chi connectivity index (χ0) is 16.9. The van der Waals surface area contributed by atoms with Crippen LogP contribution in [0.2, 0.25) is 5.02 Å². The summed E-state index contributed by atoms with van der Waals surface area (Å²) in [7, 11) is 0. The molecule has 0 bridgehead atoms. The Hall–Kier alpha value is -2.34. The van der Waals surface area contributed by atoms with Crippen LogP contribution in [0, 0.1) is 5.82 Å². The molecule has 24 heavy (non-hydrogen) atoms. The molecule has 1 aliphatic heterocycles. The van der Waals surface area contributed by atoms with E-state index in [0.29, 0.717) is 13.1 Å². The molecule has 1 aromatic heterocycles. The molecule has 1 atom stereocenters. The van der Waals surface area contributed by atoms with Crippen molar-refractivity contribution < 1.29 is 9.18 Å². The average Bonchev–Trinajstić information content (AvgIpc) is 3.05. The molecule has 1 fully saturated rings. The second kappa shape index (κ2) is 7.49. The highest BCUT2D eigenvalue weighted by Crippen LogP contribution is 2.25. The molecule has 7 heteroatoms. The Kier molecular flexibility index (Phi) is 5.15. The van der Waals surface area contributed by atoms with E-state index in [9.17, 15) is 9.18 Å². The number of benzene rings is 1. The second-order valence-electron chi connectivity index (χ2n) is 5.71. The van der Waals surface area contributed by atoms with E-state index < -0.39 is 5.82 Å². The number of urea groups is 1. The molecule has 0 unspecified atom stereocenters. The molecule has 0 radical (unpaired) electrons. The summed E-state index contributed by atoms with van der Waals surface area (Å²) in [5.41, 5.74) is 1.86. The van der Waals surface area contributed by atoms with E-state index in [1.54, 1.807) is 24.5 Å². The van der Waals surface area contributed by atoms with Crippen molar-refractivity contribution in [2.75, 3.05) is 18.0 Å². The number of nitrogens with zero attached hydrogens (tertiary/aromatic N) is 2. The maximum absolute atomic E-state index is 13.2. The number of pyridine rings is 1. The molecule has 126 valence electrons. The first kappa shape index (κ1) is 16.5. The minimum absolute atomic E-state index is 0.0475. The van der Waals surface area contributed by atoms with Crippen molar-refractivity contribution in [2.24, 2.45) is 0 Å².